The van der Waals surface area contributed by atoms with Gasteiger partial charge in [0, 0.05) is 54.5 Å². The maximum absolute atomic E-state index is 12.4. The average Bonchev–Trinajstić information content (AvgIpc) is 3.66. The van der Waals surface area contributed by atoms with Gasteiger partial charge in [0.05, 0.1) is 30.0 Å². The van der Waals surface area contributed by atoms with E-state index in [1.165, 1.54) is 10.8 Å². The summed E-state index contributed by atoms with van der Waals surface area (Å²) in [5.74, 6) is 0.548. The van der Waals surface area contributed by atoms with Crippen molar-refractivity contribution in [2.45, 2.75) is 62.6 Å². The molecule has 1 aromatic carbocycles. The third-order valence-corrected chi connectivity index (χ3v) is 9.25. The average molecular weight is 560 g/mol. The zero-order valence-corrected chi connectivity index (χ0v) is 22.7. The molecule has 2 bridgehead atoms. The summed E-state index contributed by atoms with van der Waals surface area (Å²) in [6, 6.07) is 9.55. The monoisotopic (exact) mass is 559 g/mol. The number of hydrogen-bond acceptors (Lipinski definition) is 9. The van der Waals surface area contributed by atoms with Crippen LogP contribution >= 0.6 is 0 Å². The highest BCUT2D eigenvalue weighted by Gasteiger charge is 2.45. The fourth-order valence-corrected chi connectivity index (χ4v) is 7.07. The molecule has 3 aromatic heterocycles. The number of H-pyrrole nitrogens is 1. The van der Waals surface area contributed by atoms with Gasteiger partial charge in [0.25, 0.3) is 5.56 Å². The molecule has 41 heavy (non-hydrogen) atoms. The van der Waals surface area contributed by atoms with Gasteiger partial charge in [-0.1, -0.05) is 23.4 Å². The molecule has 4 fully saturated rings. The fraction of sp³-hybridized carbons (Fsp3) is 0.483. The second kappa shape index (κ2) is 10.3. The molecule has 0 radical (unpaired) electrons. The van der Waals surface area contributed by atoms with Crippen LogP contribution in [0.25, 0.3) is 10.9 Å². The Morgan fingerprint density at radius 2 is 2.02 bits per heavy atom. The van der Waals surface area contributed by atoms with E-state index in [0.29, 0.717) is 17.9 Å². The Morgan fingerprint density at radius 3 is 2.83 bits per heavy atom. The molecule has 8 atom stereocenters. The summed E-state index contributed by atoms with van der Waals surface area (Å²) in [6.45, 7) is 3.10. The molecular formula is C29H33N7O5. The molecule has 12 nitrogen and oxygen atoms in total. The number of nitrogens with zero attached hydrogens (tertiary/aromatic N) is 6. The quantitative estimate of drug-likeness (QED) is 0.319. The highest BCUT2D eigenvalue weighted by molar-refractivity contribution is 5.82. The lowest BCUT2D eigenvalue weighted by Gasteiger charge is -2.50. The van der Waals surface area contributed by atoms with Crippen LogP contribution in [0.5, 0.6) is 0 Å². The zero-order chi connectivity index (χ0) is 28.2. The first-order chi connectivity index (χ1) is 19.9. The van der Waals surface area contributed by atoms with Crippen LogP contribution in [0.3, 0.4) is 0 Å². The van der Waals surface area contributed by atoms with Crippen molar-refractivity contribution >= 4 is 10.9 Å². The first-order valence-electron chi connectivity index (χ1n) is 14.2. The number of aliphatic hydroxyl groups is 2. The number of aryl methyl sites for hydroxylation is 1. The normalized spacial score (nSPS) is 30.2. The van der Waals surface area contributed by atoms with E-state index in [2.05, 4.69) is 25.2 Å². The number of rotatable bonds is 6. The summed E-state index contributed by atoms with van der Waals surface area (Å²) < 4.78 is 9.12. The lowest BCUT2D eigenvalue weighted by atomic mass is 9.72. The van der Waals surface area contributed by atoms with Crippen LogP contribution in [0.15, 0.2) is 58.5 Å². The van der Waals surface area contributed by atoms with E-state index in [1.807, 2.05) is 36.5 Å². The van der Waals surface area contributed by atoms with E-state index in [9.17, 15) is 19.8 Å². The van der Waals surface area contributed by atoms with Crippen molar-refractivity contribution in [2.24, 2.45) is 5.92 Å². The fourth-order valence-electron chi connectivity index (χ4n) is 7.07. The van der Waals surface area contributed by atoms with Gasteiger partial charge >= 0.3 is 5.69 Å². The number of benzene rings is 1. The molecule has 7 heterocycles. The number of hydrogen-bond donors (Lipinski definition) is 3. The predicted molar refractivity (Wildman–Crippen MR) is 148 cm³/mol. The molecule has 0 amide bonds. The van der Waals surface area contributed by atoms with Gasteiger partial charge in [-0.3, -0.25) is 24.2 Å². The molecule has 214 valence electrons. The van der Waals surface area contributed by atoms with Crippen LogP contribution in [0, 0.1) is 12.8 Å². The largest absolute Gasteiger partial charge is 0.394 e. The smallest absolute Gasteiger partial charge is 0.330 e. The number of aliphatic hydroxyl groups excluding tert-OH is 2. The van der Waals surface area contributed by atoms with Crippen LogP contribution in [0.1, 0.15) is 60.4 Å². The summed E-state index contributed by atoms with van der Waals surface area (Å²) >= 11 is 0. The third-order valence-electron chi connectivity index (χ3n) is 9.25. The van der Waals surface area contributed by atoms with Gasteiger partial charge < -0.3 is 14.9 Å². The zero-order valence-electron chi connectivity index (χ0n) is 22.7. The number of aromatic amines is 1. The molecule has 3 N–H and O–H groups in total. The molecule has 8 rings (SSSR count). The topological polar surface area (TPSA) is 151 Å². The Morgan fingerprint density at radius 1 is 1.17 bits per heavy atom. The Balaban J connectivity index is 1.09. The first-order valence-corrected chi connectivity index (χ1v) is 14.2. The molecule has 0 saturated carbocycles. The van der Waals surface area contributed by atoms with Gasteiger partial charge in [-0.25, -0.2) is 9.48 Å². The van der Waals surface area contributed by atoms with Gasteiger partial charge in [-0.15, -0.1) is 5.10 Å². The number of pyridine rings is 1. The van der Waals surface area contributed by atoms with Crippen molar-refractivity contribution in [3.63, 3.8) is 0 Å². The Hall–Kier alpha value is -3.71. The van der Waals surface area contributed by atoms with E-state index in [1.54, 1.807) is 17.8 Å². The lowest BCUT2D eigenvalue weighted by Crippen LogP contribution is -2.54. The summed E-state index contributed by atoms with van der Waals surface area (Å²) in [7, 11) is 0. The summed E-state index contributed by atoms with van der Waals surface area (Å²) in [5.41, 5.74) is 2.11. The third kappa shape index (κ3) is 4.51. The second-order valence-electron chi connectivity index (χ2n) is 11.5. The molecule has 4 saturated heterocycles. The van der Waals surface area contributed by atoms with Crippen LogP contribution in [0.2, 0.25) is 0 Å². The minimum Gasteiger partial charge on any atom is -0.394 e. The van der Waals surface area contributed by atoms with Crippen LogP contribution in [-0.4, -0.2) is 76.5 Å². The van der Waals surface area contributed by atoms with Gasteiger partial charge in [0.2, 0.25) is 0 Å². The maximum Gasteiger partial charge on any atom is 0.330 e. The number of nitrogens with one attached hydrogen (secondary N) is 1. The van der Waals surface area contributed by atoms with E-state index in [4.69, 9.17) is 4.74 Å². The minimum atomic E-state index is -0.642. The molecule has 0 spiro atoms. The molecule has 4 aliphatic heterocycles. The van der Waals surface area contributed by atoms with E-state index in [-0.39, 0.29) is 24.6 Å². The van der Waals surface area contributed by atoms with Crippen molar-refractivity contribution in [1.82, 2.24) is 34.4 Å². The van der Waals surface area contributed by atoms with Gasteiger partial charge in [-0.2, -0.15) is 0 Å². The predicted octanol–water partition coefficient (Wildman–Crippen LogP) is 1.42. The number of aromatic nitrogens is 6. The van der Waals surface area contributed by atoms with E-state index >= 15 is 0 Å². The second-order valence-corrected chi connectivity index (χ2v) is 11.5. The summed E-state index contributed by atoms with van der Waals surface area (Å²) in [4.78, 5) is 33.4. The Bertz CT molecular complexity index is 1690. The maximum atomic E-state index is 12.4. The summed E-state index contributed by atoms with van der Waals surface area (Å²) in [6.07, 6.45) is 5.65. The van der Waals surface area contributed by atoms with Crippen LogP contribution in [-0.2, 0) is 4.74 Å². The van der Waals surface area contributed by atoms with Crippen LogP contribution < -0.4 is 11.2 Å². The number of fused-ring (bicyclic) bond motifs is 4. The highest BCUT2D eigenvalue weighted by atomic mass is 16.5. The molecule has 4 aromatic rings. The number of ether oxygens (including phenoxy) is 1. The summed E-state index contributed by atoms with van der Waals surface area (Å²) in [5, 5.41) is 31.5. The van der Waals surface area contributed by atoms with Crippen molar-refractivity contribution in [3.05, 3.63) is 86.6 Å². The highest BCUT2D eigenvalue weighted by Crippen LogP contribution is 2.45. The van der Waals surface area contributed by atoms with Gasteiger partial charge in [-0.05, 0) is 49.9 Å². The van der Waals surface area contributed by atoms with Crippen molar-refractivity contribution in [1.29, 1.82) is 0 Å². The number of piperidine rings is 3. The Kier molecular flexibility index (Phi) is 6.57. The molecule has 12 heteroatoms. The molecular weight excluding hydrogens is 526 g/mol. The standard InChI is InChI=1S/C29H33N7O5/c1-16-12-35(29(40)31-28(16)39)26-11-23(25(15-37)41-26)36-14-22(32-33-36)20-13-34-9-7-17(20)10-24(34)27(38)19-6-8-30-21-5-3-2-4-18(19)21/h2-6,8,12,14,17,20,23-27,37-38H,7,9-11,13,15H2,1H3,(H,31,39,40)/t17?,20?,23-,24+,25+,26+,27-/m0/s1. The lowest BCUT2D eigenvalue weighted by molar-refractivity contribution is -0.0382. The van der Waals surface area contributed by atoms with E-state index in [0.717, 1.165) is 48.1 Å². The molecule has 3 unspecified atom stereocenters. The first kappa shape index (κ1) is 26.2. The SMILES string of the molecule is Cc1cn([C@H]2C[C@H](n3cc(C4CN5CCC4C[C@@H]5[C@@H](O)c4ccnc5ccccc45)nn3)[C@@H](CO)O2)c(=O)[nH]c1=O. The Labute approximate surface area is 235 Å². The molecule has 0 aliphatic carbocycles. The van der Waals surface area contributed by atoms with Gasteiger partial charge in [0.15, 0.2) is 0 Å². The minimum absolute atomic E-state index is 0.0210. The van der Waals surface area contributed by atoms with Crippen LogP contribution in [0.4, 0.5) is 0 Å². The number of para-hydroxylation sites is 1. The van der Waals surface area contributed by atoms with Gasteiger partial charge in [0.1, 0.15) is 12.3 Å². The molecule has 4 aliphatic rings. The van der Waals surface area contributed by atoms with Crippen molar-refractivity contribution in [2.75, 3.05) is 19.7 Å². The van der Waals surface area contributed by atoms with Crippen molar-refractivity contribution < 1.29 is 14.9 Å². The van der Waals surface area contributed by atoms with Crippen molar-refractivity contribution in [3.8, 4) is 0 Å². The van der Waals surface area contributed by atoms with E-state index < -0.39 is 29.7 Å².